The van der Waals surface area contributed by atoms with E-state index in [-0.39, 0.29) is 0 Å². The Bertz CT molecular complexity index is 257. The molecule has 0 amide bonds. The van der Waals surface area contributed by atoms with Gasteiger partial charge in [-0.05, 0) is 6.42 Å². The van der Waals surface area contributed by atoms with Crippen molar-refractivity contribution in [2.24, 2.45) is 0 Å². The molecular formula is C8H12ClN3O. The highest BCUT2D eigenvalue weighted by Gasteiger charge is 1.94. The number of nitrogens with zero attached hydrogens (tertiary/aromatic N) is 2. The molecular weight excluding hydrogens is 190 g/mol. The first-order valence-corrected chi connectivity index (χ1v) is 4.42. The van der Waals surface area contributed by atoms with E-state index < -0.39 is 0 Å². The molecule has 0 saturated carbocycles. The molecule has 0 spiro atoms. The highest BCUT2D eigenvalue weighted by atomic mass is 35.5. The highest BCUT2D eigenvalue weighted by Crippen LogP contribution is 2.09. The van der Waals surface area contributed by atoms with Crippen LogP contribution in [-0.4, -0.2) is 30.5 Å². The molecule has 13 heavy (non-hydrogen) atoms. The van der Waals surface area contributed by atoms with Crippen LogP contribution in [0.15, 0.2) is 12.3 Å². The maximum atomic E-state index is 5.65. The third kappa shape index (κ3) is 4.05. The number of halogens is 1. The maximum Gasteiger partial charge on any atom is 0.153 e. The average molecular weight is 202 g/mol. The topological polar surface area (TPSA) is 47.0 Å². The normalized spacial score (nSPS) is 10.0. The van der Waals surface area contributed by atoms with E-state index in [0.717, 1.165) is 25.3 Å². The molecule has 0 fully saturated rings. The molecule has 0 saturated heterocycles. The van der Waals surface area contributed by atoms with Crippen molar-refractivity contribution in [2.45, 2.75) is 6.42 Å². The second-order valence-corrected chi connectivity index (χ2v) is 2.93. The summed E-state index contributed by atoms with van der Waals surface area (Å²) < 4.78 is 4.91. The first-order chi connectivity index (χ1) is 6.33. The molecule has 1 heterocycles. The largest absolute Gasteiger partial charge is 0.385 e. The quantitative estimate of drug-likeness (QED) is 0.735. The van der Waals surface area contributed by atoms with Crippen LogP contribution in [-0.2, 0) is 4.74 Å². The van der Waals surface area contributed by atoms with Crippen LogP contribution in [0.1, 0.15) is 6.42 Å². The lowest BCUT2D eigenvalue weighted by atomic mass is 10.4. The van der Waals surface area contributed by atoms with Crippen molar-refractivity contribution in [3.05, 3.63) is 17.4 Å². The van der Waals surface area contributed by atoms with Crippen LogP contribution in [0.4, 0.5) is 5.69 Å². The summed E-state index contributed by atoms with van der Waals surface area (Å²) in [5.41, 5.74) is 0.885. The van der Waals surface area contributed by atoms with Gasteiger partial charge in [0.25, 0.3) is 0 Å². The zero-order valence-electron chi connectivity index (χ0n) is 7.46. The van der Waals surface area contributed by atoms with Gasteiger partial charge < -0.3 is 10.1 Å². The predicted molar refractivity (Wildman–Crippen MR) is 52.0 cm³/mol. The third-order valence-corrected chi connectivity index (χ3v) is 1.66. The fraction of sp³-hybridized carbons (Fsp3) is 0.500. The summed E-state index contributed by atoms with van der Waals surface area (Å²) in [6.45, 7) is 1.59. The van der Waals surface area contributed by atoms with Crippen LogP contribution in [0.25, 0.3) is 0 Å². The predicted octanol–water partition coefficient (Wildman–Crippen LogP) is 1.58. The minimum Gasteiger partial charge on any atom is -0.385 e. The Morgan fingerprint density at radius 1 is 1.62 bits per heavy atom. The second kappa shape index (κ2) is 5.72. The third-order valence-electron chi connectivity index (χ3n) is 1.48. The summed E-state index contributed by atoms with van der Waals surface area (Å²) in [6, 6.07) is 1.74. The standard InChI is InChI=1S/C8H12ClN3O/c1-13-4-2-3-10-7-5-8(9)12-11-6-7/h5-6H,2-4H2,1H3,(H,10,12). The molecule has 72 valence electrons. The van der Waals surface area contributed by atoms with E-state index in [9.17, 15) is 0 Å². The Kier molecular flexibility index (Phi) is 4.49. The number of hydrogen-bond donors (Lipinski definition) is 1. The first kappa shape index (κ1) is 10.2. The zero-order chi connectivity index (χ0) is 9.52. The molecule has 1 rings (SSSR count). The molecule has 1 aromatic rings. The molecule has 0 aliphatic heterocycles. The van der Waals surface area contributed by atoms with Crippen molar-refractivity contribution >= 4 is 17.3 Å². The number of methoxy groups -OCH3 is 1. The summed E-state index contributed by atoms with van der Waals surface area (Å²) in [5.74, 6) is 0. The van der Waals surface area contributed by atoms with Gasteiger partial charge in [0.2, 0.25) is 0 Å². The lowest BCUT2D eigenvalue weighted by molar-refractivity contribution is 0.198. The average Bonchev–Trinajstić information content (AvgIpc) is 2.13. The first-order valence-electron chi connectivity index (χ1n) is 4.04. The van der Waals surface area contributed by atoms with Gasteiger partial charge in [0.05, 0.1) is 11.9 Å². The van der Waals surface area contributed by atoms with Crippen LogP contribution >= 0.6 is 11.6 Å². The van der Waals surface area contributed by atoms with E-state index in [1.807, 2.05) is 0 Å². The summed E-state index contributed by atoms with van der Waals surface area (Å²) in [6.07, 6.45) is 2.59. The smallest absolute Gasteiger partial charge is 0.153 e. The van der Waals surface area contributed by atoms with Crippen molar-refractivity contribution in [2.75, 3.05) is 25.6 Å². The minimum atomic E-state index is 0.400. The van der Waals surface area contributed by atoms with E-state index in [4.69, 9.17) is 16.3 Å². The molecule has 0 bridgehead atoms. The monoisotopic (exact) mass is 201 g/mol. The van der Waals surface area contributed by atoms with Crippen molar-refractivity contribution in [1.29, 1.82) is 0 Å². The molecule has 4 nitrogen and oxygen atoms in total. The van der Waals surface area contributed by atoms with Crippen molar-refractivity contribution in [3.8, 4) is 0 Å². The summed E-state index contributed by atoms with van der Waals surface area (Å²) in [4.78, 5) is 0. The number of anilines is 1. The van der Waals surface area contributed by atoms with E-state index in [1.54, 1.807) is 19.4 Å². The van der Waals surface area contributed by atoms with E-state index in [1.165, 1.54) is 0 Å². The van der Waals surface area contributed by atoms with Crippen molar-refractivity contribution in [1.82, 2.24) is 10.2 Å². The second-order valence-electron chi connectivity index (χ2n) is 2.54. The van der Waals surface area contributed by atoms with Gasteiger partial charge in [-0.15, -0.1) is 5.10 Å². The summed E-state index contributed by atoms with van der Waals surface area (Å²) in [5, 5.41) is 10.9. The Morgan fingerprint density at radius 3 is 3.15 bits per heavy atom. The van der Waals surface area contributed by atoms with Gasteiger partial charge in [-0.1, -0.05) is 11.6 Å². The van der Waals surface area contributed by atoms with Gasteiger partial charge in [0.15, 0.2) is 5.15 Å². The Morgan fingerprint density at radius 2 is 2.46 bits per heavy atom. The number of rotatable bonds is 5. The SMILES string of the molecule is COCCCNc1cnnc(Cl)c1. The fourth-order valence-electron chi connectivity index (χ4n) is 0.887. The van der Waals surface area contributed by atoms with Crippen LogP contribution in [0.2, 0.25) is 5.15 Å². The van der Waals surface area contributed by atoms with Crippen molar-refractivity contribution in [3.63, 3.8) is 0 Å². The summed E-state index contributed by atoms with van der Waals surface area (Å²) >= 11 is 5.65. The molecule has 0 aliphatic rings. The zero-order valence-corrected chi connectivity index (χ0v) is 8.21. The van der Waals surface area contributed by atoms with Gasteiger partial charge in [-0.2, -0.15) is 5.10 Å². The number of hydrogen-bond acceptors (Lipinski definition) is 4. The lowest BCUT2D eigenvalue weighted by Crippen LogP contribution is -2.04. The molecule has 0 aromatic carbocycles. The lowest BCUT2D eigenvalue weighted by Gasteiger charge is -2.04. The van der Waals surface area contributed by atoms with E-state index in [0.29, 0.717) is 5.15 Å². The number of ether oxygens (including phenoxy) is 1. The number of nitrogens with one attached hydrogen (secondary N) is 1. The maximum absolute atomic E-state index is 5.65. The molecule has 5 heteroatoms. The fourth-order valence-corrected chi connectivity index (χ4v) is 1.05. The van der Waals surface area contributed by atoms with Crippen LogP contribution in [0, 0.1) is 0 Å². The Labute approximate surface area is 82.3 Å². The van der Waals surface area contributed by atoms with Crippen LogP contribution in [0.3, 0.4) is 0 Å². The van der Waals surface area contributed by atoms with Gasteiger partial charge in [-0.3, -0.25) is 0 Å². The van der Waals surface area contributed by atoms with Gasteiger partial charge in [-0.25, -0.2) is 0 Å². The van der Waals surface area contributed by atoms with Gasteiger partial charge in [0, 0.05) is 26.3 Å². The number of aromatic nitrogens is 2. The van der Waals surface area contributed by atoms with Gasteiger partial charge in [0.1, 0.15) is 0 Å². The molecule has 0 unspecified atom stereocenters. The van der Waals surface area contributed by atoms with Crippen molar-refractivity contribution < 1.29 is 4.74 Å². The minimum absolute atomic E-state index is 0.400. The Hall–Kier alpha value is -0.870. The Balaban J connectivity index is 2.28. The molecule has 1 aromatic heterocycles. The molecule has 0 atom stereocenters. The van der Waals surface area contributed by atoms with E-state index >= 15 is 0 Å². The molecule has 0 aliphatic carbocycles. The summed E-state index contributed by atoms with van der Waals surface area (Å²) in [7, 11) is 1.69. The molecule has 0 radical (unpaired) electrons. The molecule has 1 N–H and O–H groups in total. The van der Waals surface area contributed by atoms with E-state index in [2.05, 4.69) is 15.5 Å². The highest BCUT2D eigenvalue weighted by molar-refractivity contribution is 6.29. The van der Waals surface area contributed by atoms with Crippen LogP contribution in [0.5, 0.6) is 0 Å². The van der Waals surface area contributed by atoms with Crippen LogP contribution < -0.4 is 5.32 Å². The van der Waals surface area contributed by atoms with Gasteiger partial charge >= 0.3 is 0 Å².